The molecule has 0 atom stereocenters. The van der Waals surface area contributed by atoms with E-state index in [1.807, 2.05) is 6.92 Å². The molecular weight excluding hydrogens is 176 g/mol. The normalized spacial score (nSPS) is 9.43. The fraction of sp³-hybridized carbons (Fsp3) is 0.727. The number of hydrogen-bond donors (Lipinski definition) is 2. The summed E-state index contributed by atoms with van der Waals surface area (Å²) in [6.45, 7) is 4.54. The van der Waals surface area contributed by atoms with Gasteiger partial charge in [-0.1, -0.05) is 6.92 Å². The first kappa shape index (κ1) is 13.0. The van der Waals surface area contributed by atoms with Crippen molar-refractivity contribution in [2.45, 2.75) is 32.6 Å². The minimum absolute atomic E-state index is 0.125. The molecule has 0 aromatic carbocycles. The van der Waals surface area contributed by atoms with Crippen molar-refractivity contribution >= 4 is 5.91 Å². The van der Waals surface area contributed by atoms with Gasteiger partial charge in [-0.25, -0.2) is 0 Å². The highest BCUT2D eigenvalue weighted by molar-refractivity contribution is 5.75. The number of nitrogens with one attached hydrogen (secondary N) is 2. The van der Waals surface area contributed by atoms with Gasteiger partial charge in [0.25, 0.3) is 0 Å². The Bertz CT molecular complexity index is 184. The average molecular weight is 196 g/mol. The van der Waals surface area contributed by atoms with Crippen molar-refractivity contribution in [3.05, 3.63) is 0 Å². The highest BCUT2D eigenvalue weighted by Gasteiger charge is 1.98. The first-order valence-electron chi connectivity index (χ1n) is 5.22. The van der Waals surface area contributed by atoms with Crippen molar-refractivity contribution in [2.75, 3.05) is 19.6 Å². The first-order valence-corrected chi connectivity index (χ1v) is 5.22. The largest absolute Gasteiger partial charge is 0.355 e. The zero-order chi connectivity index (χ0) is 10.6. The molecule has 0 aromatic heterocycles. The second-order valence-corrected chi connectivity index (χ2v) is 3.11. The van der Waals surface area contributed by atoms with Crippen LogP contribution in [0.25, 0.3) is 0 Å². The first-order chi connectivity index (χ1) is 6.81. The van der Waals surface area contributed by atoms with Crippen LogP contribution in [0.5, 0.6) is 0 Å². The SMILES string of the molecule is C#CCCCCC(=O)NCCNCC. The van der Waals surface area contributed by atoms with Crippen LogP contribution in [0.2, 0.25) is 0 Å². The molecule has 2 N–H and O–H groups in total. The van der Waals surface area contributed by atoms with Crippen molar-refractivity contribution in [3.8, 4) is 12.3 Å². The van der Waals surface area contributed by atoms with Crippen LogP contribution in [-0.2, 0) is 4.79 Å². The molecule has 0 radical (unpaired) electrons. The third kappa shape index (κ3) is 9.08. The predicted octanol–water partition coefficient (Wildman–Crippen LogP) is 0.906. The van der Waals surface area contributed by atoms with Crippen molar-refractivity contribution < 1.29 is 4.79 Å². The van der Waals surface area contributed by atoms with Gasteiger partial charge >= 0.3 is 0 Å². The maximum atomic E-state index is 11.2. The van der Waals surface area contributed by atoms with Gasteiger partial charge in [0.1, 0.15) is 0 Å². The quantitative estimate of drug-likeness (QED) is 0.447. The van der Waals surface area contributed by atoms with E-state index in [4.69, 9.17) is 6.42 Å². The Labute approximate surface area is 86.6 Å². The third-order valence-corrected chi connectivity index (χ3v) is 1.85. The summed E-state index contributed by atoms with van der Waals surface area (Å²) in [5.41, 5.74) is 0. The van der Waals surface area contributed by atoms with Crippen molar-refractivity contribution in [2.24, 2.45) is 0 Å². The summed E-state index contributed by atoms with van der Waals surface area (Å²) in [6.07, 6.45) is 8.29. The summed E-state index contributed by atoms with van der Waals surface area (Å²) in [5, 5.41) is 5.98. The number of likely N-dealkylation sites (N-methyl/N-ethyl adjacent to an activating group) is 1. The molecular formula is C11H20N2O. The van der Waals surface area contributed by atoms with Crippen LogP contribution >= 0.6 is 0 Å². The van der Waals surface area contributed by atoms with E-state index in [2.05, 4.69) is 16.6 Å². The maximum Gasteiger partial charge on any atom is 0.220 e. The van der Waals surface area contributed by atoms with E-state index >= 15 is 0 Å². The molecule has 0 rings (SSSR count). The van der Waals surface area contributed by atoms with E-state index in [0.29, 0.717) is 13.0 Å². The van der Waals surface area contributed by atoms with E-state index in [1.54, 1.807) is 0 Å². The summed E-state index contributed by atoms with van der Waals surface area (Å²) in [7, 11) is 0. The Morgan fingerprint density at radius 3 is 2.79 bits per heavy atom. The van der Waals surface area contributed by atoms with Gasteiger partial charge in [-0.2, -0.15) is 0 Å². The molecule has 0 bridgehead atoms. The zero-order valence-corrected chi connectivity index (χ0v) is 8.94. The molecule has 3 heteroatoms. The van der Waals surface area contributed by atoms with Crippen LogP contribution in [0.4, 0.5) is 0 Å². The van der Waals surface area contributed by atoms with Crippen LogP contribution in [0.15, 0.2) is 0 Å². The molecule has 0 saturated heterocycles. The Morgan fingerprint density at radius 2 is 2.14 bits per heavy atom. The lowest BCUT2D eigenvalue weighted by atomic mass is 10.2. The number of unbranched alkanes of at least 4 members (excludes halogenated alkanes) is 2. The Hall–Kier alpha value is -1.01. The van der Waals surface area contributed by atoms with Gasteiger partial charge in [0.05, 0.1) is 0 Å². The molecule has 0 spiro atoms. The number of carbonyl (C=O) groups excluding carboxylic acids is 1. The number of hydrogen-bond acceptors (Lipinski definition) is 2. The van der Waals surface area contributed by atoms with Gasteiger partial charge < -0.3 is 10.6 Å². The highest BCUT2D eigenvalue weighted by Crippen LogP contribution is 1.97. The fourth-order valence-electron chi connectivity index (χ4n) is 1.07. The average Bonchev–Trinajstić information content (AvgIpc) is 2.19. The fourth-order valence-corrected chi connectivity index (χ4v) is 1.07. The Morgan fingerprint density at radius 1 is 1.36 bits per heavy atom. The Kier molecular flexibility index (Phi) is 9.35. The van der Waals surface area contributed by atoms with Gasteiger partial charge in [0.15, 0.2) is 0 Å². The van der Waals surface area contributed by atoms with E-state index in [9.17, 15) is 4.79 Å². The molecule has 80 valence electrons. The summed E-state index contributed by atoms with van der Waals surface area (Å²) < 4.78 is 0. The minimum Gasteiger partial charge on any atom is -0.355 e. The van der Waals surface area contributed by atoms with Crippen molar-refractivity contribution in [1.82, 2.24) is 10.6 Å². The summed E-state index contributed by atoms with van der Waals surface area (Å²) >= 11 is 0. The van der Waals surface area contributed by atoms with E-state index in [1.165, 1.54) is 0 Å². The Balaban J connectivity index is 3.16. The van der Waals surface area contributed by atoms with Gasteiger partial charge in [-0.15, -0.1) is 12.3 Å². The minimum atomic E-state index is 0.125. The molecule has 0 unspecified atom stereocenters. The molecule has 1 amide bonds. The molecule has 0 fully saturated rings. The van der Waals surface area contributed by atoms with Crippen LogP contribution in [0.3, 0.4) is 0 Å². The number of amides is 1. The summed E-state index contributed by atoms with van der Waals surface area (Å²) in [5.74, 6) is 2.68. The van der Waals surface area contributed by atoms with E-state index < -0.39 is 0 Å². The molecule has 0 aliphatic heterocycles. The number of carbonyl (C=O) groups is 1. The number of rotatable bonds is 8. The zero-order valence-electron chi connectivity index (χ0n) is 8.94. The smallest absolute Gasteiger partial charge is 0.220 e. The lowest BCUT2D eigenvalue weighted by molar-refractivity contribution is -0.121. The van der Waals surface area contributed by atoms with Crippen LogP contribution in [0, 0.1) is 12.3 Å². The molecule has 0 heterocycles. The second-order valence-electron chi connectivity index (χ2n) is 3.11. The van der Waals surface area contributed by atoms with Gasteiger partial charge in [0, 0.05) is 25.9 Å². The molecule has 14 heavy (non-hydrogen) atoms. The molecule has 0 aromatic rings. The summed E-state index contributed by atoms with van der Waals surface area (Å²) in [4.78, 5) is 11.2. The molecule has 0 aliphatic rings. The third-order valence-electron chi connectivity index (χ3n) is 1.85. The van der Waals surface area contributed by atoms with Gasteiger partial charge in [0.2, 0.25) is 5.91 Å². The topological polar surface area (TPSA) is 41.1 Å². The van der Waals surface area contributed by atoms with Crippen LogP contribution < -0.4 is 10.6 Å². The molecule has 3 nitrogen and oxygen atoms in total. The lowest BCUT2D eigenvalue weighted by Gasteiger charge is -2.04. The highest BCUT2D eigenvalue weighted by atomic mass is 16.1. The lowest BCUT2D eigenvalue weighted by Crippen LogP contribution is -2.31. The van der Waals surface area contributed by atoms with Crippen molar-refractivity contribution in [3.63, 3.8) is 0 Å². The summed E-state index contributed by atoms with van der Waals surface area (Å²) in [6, 6.07) is 0. The monoisotopic (exact) mass is 196 g/mol. The van der Waals surface area contributed by atoms with E-state index in [-0.39, 0.29) is 5.91 Å². The van der Waals surface area contributed by atoms with Crippen molar-refractivity contribution in [1.29, 1.82) is 0 Å². The van der Waals surface area contributed by atoms with Crippen LogP contribution in [0.1, 0.15) is 32.6 Å². The predicted molar refractivity (Wildman–Crippen MR) is 58.9 cm³/mol. The standard InChI is InChI=1S/C11H20N2O/c1-3-5-6-7-8-11(14)13-10-9-12-4-2/h1,12H,4-10H2,2H3,(H,13,14). The van der Waals surface area contributed by atoms with Gasteiger partial charge in [-0.3, -0.25) is 4.79 Å². The maximum absolute atomic E-state index is 11.2. The second kappa shape index (κ2) is 10.1. The number of terminal acetylenes is 1. The van der Waals surface area contributed by atoms with Crippen LogP contribution in [-0.4, -0.2) is 25.5 Å². The van der Waals surface area contributed by atoms with E-state index in [0.717, 1.165) is 32.4 Å². The van der Waals surface area contributed by atoms with Gasteiger partial charge in [-0.05, 0) is 19.4 Å². The molecule has 0 saturated carbocycles. The molecule has 0 aliphatic carbocycles.